The van der Waals surface area contributed by atoms with Crippen LogP contribution in [0.4, 0.5) is 0 Å². The van der Waals surface area contributed by atoms with Gasteiger partial charge in [0.25, 0.3) is 0 Å². The molecule has 4 nitrogen and oxygen atoms in total. The molecule has 0 unspecified atom stereocenters. The quantitative estimate of drug-likeness (QED) is 0.832. The molecular weight excluding hydrogens is 328 g/mol. The van der Waals surface area contributed by atoms with Crippen LogP contribution in [0.5, 0.6) is 0 Å². The summed E-state index contributed by atoms with van der Waals surface area (Å²) in [7, 11) is 0. The van der Waals surface area contributed by atoms with E-state index in [1.165, 1.54) is 0 Å². The maximum atomic E-state index is 13.2. The molecule has 0 amide bonds. The Morgan fingerprint density at radius 2 is 1.50 bits per heavy atom. The molecule has 26 heavy (non-hydrogen) atoms. The van der Waals surface area contributed by atoms with Gasteiger partial charge in [-0.3, -0.25) is 4.79 Å². The summed E-state index contributed by atoms with van der Waals surface area (Å²) >= 11 is 0. The summed E-state index contributed by atoms with van der Waals surface area (Å²) in [4.78, 5) is 13.2. The van der Waals surface area contributed by atoms with Gasteiger partial charge >= 0.3 is 0 Å². The van der Waals surface area contributed by atoms with E-state index in [0.29, 0.717) is 11.1 Å². The van der Waals surface area contributed by atoms with Crippen molar-refractivity contribution in [3.05, 3.63) is 71.8 Å². The molecular formula is C22H24O4. The maximum Gasteiger partial charge on any atom is 0.220 e. The zero-order valence-corrected chi connectivity index (χ0v) is 14.6. The van der Waals surface area contributed by atoms with E-state index in [1.807, 2.05) is 24.3 Å². The first-order valence-corrected chi connectivity index (χ1v) is 9.34. The van der Waals surface area contributed by atoms with Gasteiger partial charge in [-0.15, -0.1) is 0 Å². The van der Waals surface area contributed by atoms with Crippen LogP contribution in [-0.4, -0.2) is 28.2 Å². The van der Waals surface area contributed by atoms with Gasteiger partial charge in [0.1, 0.15) is 12.2 Å². The Balaban J connectivity index is 1.74. The smallest absolute Gasteiger partial charge is 0.220 e. The minimum Gasteiger partial charge on any atom is -0.387 e. The molecule has 1 aliphatic carbocycles. The highest BCUT2D eigenvalue weighted by molar-refractivity contribution is 5.99. The first-order chi connectivity index (χ1) is 12.6. The molecule has 136 valence electrons. The van der Waals surface area contributed by atoms with Gasteiger partial charge < -0.3 is 14.9 Å². The van der Waals surface area contributed by atoms with Crippen LogP contribution in [0, 0.1) is 11.8 Å². The summed E-state index contributed by atoms with van der Waals surface area (Å²) in [6, 6.07) is 18.0. The lowest BCUT2D eigenvalue weighted by Crippen LogP contribution is -2.60. The third-order valence-corrected chi connectivity index (χ3v) is 5.88. The van der Waals surface area contributed by atoms with E-state index in [-0.39, 0.29) is 17.6 Å². The Morgan fingerprint density at radius 3 is 2.15 bits per heavy atom. The predicted molar refractivity (Wildman–Crippen MR) is 97.4 cm³/mol. The van der Waals surface area contributed by atoms with Crippen molar-refractivity contribution < 1.29 is 19.7 Å². The molecule has 1 saturated carbocycles. The molecule has 5 atom stereocenters. The summed E-state index contributed by atoms with van der Waals surface area (Å²) < 4.78 is 6.01. The number of hydrogen-bond donors (Lipinski definition) is 2. The maximum absolute atomic E-state index is 13.2. The van der Waals surface area contributed by atoms with Crippen LogP contribution >= 0.6 is 0 Å². The van der Waals surface area contributed by atoms with Gasteiger partial charge in [0, 0.05) is 11.1 Å². The van der Waals surface area contributed by atoms with E-state index in [9.17, 15) is 15.0 Å². The average molecular weight is 352 g/mol. The van der Waals surface area contributed by atoms with Gasteiger partial charge in [0.05, 0.1) is 0 Å². The Morgan fingerprint density at radius 1 is 0.923 bits per heavy atom. The SMILES string of the molecule is O=C(c1ccccc1)[C@H]1O[C@@](O)(c2ccccc2)[C@H](O)[C@H]2CCCC[C@@H]21. The van der Waals surface area contributed by atoms with Crippen LogP contribution in [0.3, 0.4) is 0 Å². The number of aliphatic hydroxyl groups excluding tert-OH is 1. The van der Waals surface area contributed by atoms with Crippen LogP contribution in [0.1, 0.15) is 41.6 Å². The summed E-state index contributed by atoms with van der Waals surface area (Å²) in [5.41, 5.74) is 1.07. The van der Waals surface area contributed by atoms with E-state index in [2.05, 4.69) is 0 Å². The Labute approximate surface area is 153 Å². The first-order valence-electron chi connectivity index (χ1n) is 9.34. The fraction of sp³-hybridized carbons (Fsp3) is 0.409. The lowest BCUT2D eigenvalue weighted by atomic mass is 9.67. The number of ether oxygens (including phenoxy) is 1. The number of aliphatic hydroxyl groups is 2. The Kier molecular flexibility index (Phi) is 4.65. The summed E-state index contributed by atoms with van der Waals surface area (Å²) in [5.74, 6) is -2.21. The van der Waals surface area contributed by atoms with Crippen molar-refractivity contribution in [2.24, 2.45) is 11.8 Å². The van der Waals surface area contributed by atoms with Gasteiger partial charge in [-0.05, 0) is 24.7 Å². The second kappa shape index (κ2) is 6.95. The number of carbonyl (C=O) groups is 1. The fourth-order valence-corrected chi connectivity index (χ4v) is 4.53. The van der Waals surface area contributed by atoms with Crippen molar-refractivity contribution in [1.29, 1.82) is 0 Å². The normalized spacial score (nSPS) is 34.1. The monoisotopic (exact) mass is 352 g/mol. The molecule has 1 heterocycles. The molecule has 4 rings (SSSR count). The van der Waals surface area contributed by atoms with Gasteiger partial charge in [0.2, 0.25) is 5.79 Å². The number of hydrogen-bond acceptors (Lipinski definition) is 4. The molecule has 2 fully saturated rings. The minimum atomic E-state index is -1.87. The van der Waals surface area contributed by atoms with Crippen LogP contribution in [0.15, 0.2) is 60.7 Å². The molecule has 0 spiro atoms. The summed E-state index contributed by atoms with van der Waals surface area (Å²) in [6.07, 6.45) is 1.83. The minimum absolute atomic E-state index is 0.0737. The topological polar surface area (TPSA) is 66.8 Å². The number of Topliss-reactive ketones (excluding diaryl/α,β-unsaturated/α-hetero) is 1. The molecule has 2 N–H and O–H groups in total. The third kappa shape index (κ3) is 2.88. The van der Waals surface area contributed by atoms with Crippen molar-refractivity contribution in [2.45, 2.75) is 43.7 Å². The van der Waals surface area contributed by atoms with E-state index in [1.54, 1.807) is 36.4 Å². The van der Waals surface area contributed by atoms with Gasteiger partial charge in [-0.1, -0.05) is 73.5 Å². The predicted octanol–water partition coefficient (Wildman–Crippen LogP) is 3.28. The number of fused-ring (bicyclic) bond motifs is 1. The van der Waals surface area contributed by atoms with Crippen LogP contribution in [-0.2, 0) is 10.5 Å². The molecule has 2 aromatic rings. The molecule has 1 saturated heterocycles. The number of rotatable bonds is 3. The van der Waals surface area contributed by atoms with Gasteiger partial charge in [0.15, 0.2) is 5.78 Å². The molecule has 4 heteroatoms. The van der Waals surface area contributed by atoms with Gasteiger partial charge in [-0.2, -0.15) is 0 Å². The fourth-order valence-electron chi connectivity index (χ4n) is 4.53. The number of ketones is 1. The standard InChI is InChI=1S/C22H24O4/c23-19(15-9-3-1-4-10-15)20-17-13-7-8-14-18(17)21(24)22(25,26-20)16-11-5-2-6-12-16/h1-6,9-12,17-18,20-21,24-25H,7-8,13-14H2/t17-,18-,20-,21+,22-/m0/s1. The zero-order chi connectivity index (χ0) is 18.1. The lowest BCUT2D eigenvalue weighted by Gasteiger charge is -2.51. The number of carbonyl (C=O) groups excluding carboxylic acids is 1. The second-order valence-corrected chi connectivity index (χ2v) is 7.39. The third-order valence-electron chi connectivity index (χ3n) is 5.88. The van der Waals surface area contributed by atoms with Crippen molar-refractivity contribution in [3.63, 3.8) is 0 Å². The molecule has 0 bridgehead atoms. The highest BCUT2D eigenvalue weighted by Crippen LogP contribution is 2.48. The summed E-state index contributed by atoms with van der Waals surface area (Å²) in [5, 5.41) is 22.3. The highest BCUT2D eigenvalue weighted by Gasteiger charge is 2.56. The van der Waals surface area contributed by atoms with Crippen molar-refractivity contribution in [1.82, 2.24) is 0 Å². The molecule has 1 aliphatic heterocycles. The Hall–Kier alpha value is -2.01. The average Bonchev–Trinajstić information content (AvgIpc) is 2.71. The van der Waals surface area contributed by atoms with Gasteiger partial charge in [-0.25, -0.2) is 0 Å². The van der Waals surface area contributed by atoms with Crippen LogP contribution < -0.4 is 0 Å². The Bertz CT molecular complexity index is 760. The lowest BCUT2D eigenvalue weighted by molar-refractivity contribution is -0.332. The van der Waals surface area contributed by atoms with E-state index < -0.39 is 18.0 Å². The van der Waals surface area contributed by atoms with Crippen molar-refractivity contribution in [2.75, 3.05) is 0 Å². The molecule has 2 aromatic carbocycles. The second-order valence-electron chi connectivity index (χ2n) is 7.39. The molecule has 0 aromatic heterocycles. The van der Waals surface area contributed by atoms with E-state index in [4.69, 9.17) is 4.74 Å². The van der Waals surface area contributed by atoms with Crippen LogP contribution in [0.2, 0.25) is 0 Å². The summed E-state index contributed by atoms with van der Waals surface area (Å²) in [6.45, 7) is 0. The molecule has 0 radical (unpaired) electrons. The molecule has 2 aliphatic rings. The largest absolute Gasteiger partial charge is 0.387 e. The number of benzene rings is 2. The first kappa shape index (κ1) is 17.4. The van der Waals surface area contributed by atoms with E-state index >= 15 is 0 Å². The van der Waals surface area contributed by atoms with E-state index in [0.717, 1.165) is 25.7 Å². The van der Waals surface area contributed by atoms with Crippen LogP contribution in [0.25, 0.3) is 0 Å². The zero-order valence-electron chi connectivity index (χ0n) is 14.6. The van der Waals surface area contributed by atoms with Crippen molar-refractivity contribution in [3.8, 4) is 0 Å². The van der Waals surface area contributed by atoms with Crippen molar-refractivity contribution >= 4 is 5.78 Å². The highest BCUT2D eigenvalue weighted by atomic mass is 16.6.